The lowest BCUT2D eigenvalue weighted by Crippen LogP contribution is -2.37. The van der Waals surface area contributed by atoms with Crippen molar-refractivity contribution in [3.63, 3.8) is 0 Å². The highest BCUT2D eigenvalue weighted by atomic mass is 79.9. The average molecular weight is 621 g/mol. The fourth-order valence-electron chi connectivity index (χ4n) is 3.02. The second kappa shape index (κ2) is 10.8. The van der Waals surface area contributed by atoms with Gasteiger partial charge < -0.3 is 5.32 Å². The summed E-state index contributed by atoms with van der Waals surface area (Å²) in [6.45, 7) is 1.34. The molecule has 3 aromatic rings. The summed E-state index contributed by atoms with van der Waals surface area (Å²) in [6.07, 6.45) is 1.01. The average Bonchev–Trinajstić information content (AvgIpc) is 2.77. The number of carbonyl (C=O) groups excluding carboxylic acids is 1. The van der Waals surface area contributed by atoms with Gasteiger partial charge in [0.2, 0.25) is 15.9 Å². The smallest absolute Gasteiger partial charge is 0.261 e. The van der Waals surface area contributed by atoms with Crippen LogP contribution in [0.2, 0.25) is 10.0 Å². The van der Waals surface area contributed by atoms with Crippen LogP contribution >= 0.6 is 39.1 Å². The summed E-state index contributed by atoms with van der Waals surface area (Å²) in [5, 5.41) is 2.85. The molecule has 8 nitrogen and oxygen atoms in total. The second-order valence-corrected chi connectivity index (χ2v) is 12.7. The maximum atomic E-state index is 12.7. The summed E-state index contributed by atoms with van der Waals surface area (Å²) in [6, 6.07) is 14.9. The van der Waals surface area contributed by atoms with Crippen molar-refractivity contribution in [1.29, 1.82) is 0 Å². The van der Waals surface area contributed by atoms with E-state index in [0.717, 1.165) is 20.6 Å². The van der Waals surface area contributed by atoms with E-state index in [1.807, 2.05) is 0 Å². The molecule has 186 valence electrons. The number of aryl methyl sites for hydroxylation is 1. The van der Waals surface area contributed by atoms with Crippen LogP contribution in [-0.4, -0.2) is 35.5 Å². The molecule has 0 aromatic heterocycles. The van der Waals surface area contributed by atoms with Crippen molar-refractivity contribution in [3.05, 3.63) is 80.7 Å². The SMILES string of the molecule is Cc1cc(N(CC(=O)Nc2ccc(S(=O)(=O)Nc3cccc(Cl)c3Cl)cc2)S(C)(=O)=O)ccc1Br. The first-order chi connectivity index (χ1) is 16.3. The van der Waals surface area contributed by atoms with Crippen molar-refractivity contribution in [1.82, 2.24) is 0 Å². The normalized spacial score (nSPS) is 11.7. The van der Waals surface area contributed by atoms with E-state index >= 15 is 0 Å². The van der Waals surface area contributed by atoms with Crippen molar-refractivity contribution < 1.29 is 21.6 Å². The van der Waals surface area contributed by atoms with E-state index in [4.69, 9.17) is 23.2 Å². The number of sulfonamides is 2. The van der Waals surface area contributed by atoms with Crippen molar-refractivity contribution in [2.24, 2.45) is 0 Å². The Balaban J connectivity index is 1.74. The van der Waals surface area contributed by atoms with Gasteiger partial charge in [-0.2, -0.15) is 0 Å². The number of amides is 1. The molecule has 0 aliphatic carbocycles. The van der Waals surface area contributed by atoms with Gasteiger partial charge in [-0.25, -0.2) is 16.8 Å². The molecular formula is C22H20BrCl2N3O5S2. The minimum absolute atomic E-state index is 0.0676. The van der Waals surface area contributed by atoms with E-state index in [1.165, 1.54) is 36.4 Å². The quantitative estimate of drug-likeness (QED) is 0.356. The van der Waals surface area contributed by atoms with Gasteiger partial charge in [-0.05, 0) is 67.1 Å². The van der Waals surface area contributed by atoms with Crippen LogP contribution in [0, 0.1) is 6.92 Å². The summed E-state index contributed by atoms with van der Waals surface area (Å²) in [4.78, 5) is 12.5. The van der Waals surface area contributed by atoms with E-state index < -0.39 is 32.5 Å². The zero-order chi connectivity index (χ0) is 26.0. The number of nitrogens with one attached hydrogen (secondary N) is 2. The molecule has 0 spiro atoms. The molecule has 0 saturated carbocycles. The molecular weight excluding hydrogens is 601 g/mol. The minimum atomic E-state index is -3.98. The molecule has 2 N–H and O–H groups in total. The highest BCUT2D eigenvalue weighted by Gasteiger charge is 2.22. The Morgan fingerprint density at radius 3 is 2.26 bits per heavy atom. The number of carbonyl (C=O) groups is 1. The Morgan fingerprint density at radius 2 is 1.66 bits per heavy atom. The van der Waals surface area contributed by atoms with Gasteiger partial charge in [0.05, 0.1) is 32.6 Å². The molecule has 0 fully saturated rings. The van der Waals surface area contributed by atoms with Gasteiger partial charge in [0.25, 0.3) is 10.0 Å². The van der Waals surface area contributed by atoms with Crippen molar-refractivity contribution >= 4 is 82.1 Å². The Hall–Kier alpha value is -2.31. The molecule has 0 aliphatic rings. The molecule has 0 unspecified atom stereocenters. The first kappa shape index (κ1) is 27.3. The van der Waals surface area contributed by atoms with Crippen LogP contribution in [0.25, 0.3) is 0 Å². The Labute approximate surface area is 222 Å². The predicted octanol–water partition coefficient (Wildman–Crippen LogP) is 5.27. The Bertz CT molecular complexity index is 1480. The lowest BCUT2D eigenvalue weighted by Gasteiger charge is -2.22. The number of benzene rings is 3. The summed E-state index contributed by atoms with van der Waals surface area (Å²) >= 11 is 15.3. The Kier molecular flexibility index (Phi) is 8.38. The molecule has 0 heterocycles. The zero-order valence-electron chi connectivity index (χ0n) is 18.4. The molecule has 3 rings (SSSR count). The van der Waals surface area contributed by atoms with Gasteiger partial charge in [0.15, 0.2) is 0 Å². The van der Waals surface area contributed by atoms with Gasteiger partial charge >= 0.3 is 0 Å². The van der Waals surface area contributed by atoms with Gasteiger partial charge in [-0.15, -0.1) is 0 Å². The third-order valence-electron chi connectivity index (χ3n) is 4.76. The van der Waals surface area contributed by atoms with Gasteiger partial charge in [0, 0.05) is 10.2 Å². The van der Waals surface area contributed by atoms with Crippen molar-refractivity contribution in [3.8, 4) is 0 Å². The fraction of sp³-hybridized carbons (Fsp3) is 0.136. The van der Waals surface area contributed by atoms with Gasteiger partial charge in [-0.3, -0.25) is 13.8 Å². The summed E-state index contributed by atoms with van der Waals surface area (Å²) in [5.74, 6) is -0.601. The van der Waals surface area contributed by atoms with E-state index in [2.05, 4.69) is 26.0 Å². The van der Waals surface area contributed by atoms with Crippen LogP contribution < -0.4 is 14.3 Å². The number of halogens is 3. The largest absolute Gasteiger partial charge is 0.325 e. The molecule has 0 saturated heterocycles. The third-order valence-corrected chi connectivity index (χ3v) is 8.99. The van der Waals surface area contributed by atoms with E-state index in [1.54, 1.807) is 31.2 Å². The second-order valence-electron chi connectivity index (χ2n) is 7.48. The standard InChI is InChI=1S/C22H20BrCl2N3O5S2/c1-14-12-16(8-11-18(14)23)28(34(2,30)31)13-21(29)26-15-6-9-17(10-7-15)35(32,33)27-20-5-3-4-19(24)22(20)25/h3-12,27H,13H2,1-2H3,(H,26,29). The van der Waals surface area contributed by atoms with Crippen LogP contribution in [0.3, 0.4) is 0 Å². The highest BCUT2D eigenvalue weighted by molar-refractivity contribution is 9.10. The fourth-order valence-corrected chi connectivity index (χ4v) is 5.59. The number of rotatable bonds is 8. The topological polar surface area (TPSA) is 113 Å². The van der Waals surface area contributed by atoms with Crippen LogP contribution in [0.5, 0.6) is 0 Å². The molecule has 35 heavy (non-hydrogen) atoms. The lowest BCUT2D eigenvalue weighted by molar-refractivity contribution is -0.114. The molecule has 3 aromatic carbocycles. The molecule has 1 amide bonds. The summed E-state index contributed by atoms with van der Waals surface area (Å²) in [5.41, 5.74) is 1.56. The molecule has 13 heteroatoms. The number of nitrogens with zero attached hydrogens (tertiary/aromatic N) is 1. The van der Waals surface area contributed by atoms with Gasteiger partial charge in [-0.1, -0.05) is 45.2 Å². The summed E-state index contributed by atoms with van der Waals surface area (Å²) < 4.78 is 54.1. The van der Waals surface area contributed by atoms with Crippen LogP contribution in [0.15, 0.2) is 70.0 Å². The molecule has 0 radical (unpaired) electrons. The highest BCUT2D eigenvalue weighted by Crippen LogP contribution is 2.31. The van der Waals surface area contributed by atoms with E-state index in [9.17, 15) is 21.6 Å². The third kappa shape index (κ3) is 6.89. The molecule has 0 aliphatic heterocycles. The maximum Gasteiger partial charge on any atom is 0.261 e. The first-order valence-corrected chi connectivity index (χ1v) is 14.8. The van der Waals surface area contributed by atoms with Crippen LogP contribution in [-0.2, 0) is 24.8 Å². The van der Waals surface area contributed by atoms with Crippen molar-refractivity contribution in [2.45, 2.75) is 11.8 Å². The lowest BCUT2D eigenvalue weighted by atomic mass is 10.2. The number of anilines is 3. The predicted molar refractivity (Wildman–Crippen MR) is 143 cm³/mol. The van der Waals surface area contributed by atoms with Crippen LogP contribution in [0.1, 0.15) is 5.56 Å². The minimum Gasteiger partial charge on any atom is -0.325 e. The number of hydrogen-bond acceptors (Lipinski definition) is 5. The zero-order valence-corrected chi connectivity index (χ0v) is 23.2. The van der Waals surface area contributed by atoms with E-state index in [0.29, 0.717) is 5.69 Å². The van der Waals surface area contributed by atoms with E-state index in [-0.39, 0.29) is 26.3 Å². The first-order valence-electron chi connectivity index (χ1n) is 9.88. The van der Waals surface area contributed by atoms with Gasteiger partial charge in [0.1, 0.15) is 6.54 Å². The monoisotopic (exact) mass is 619 g/mol. The number of hydrogen-bond donors (Lipinski definition) is 2. The van der Waals surface area contributed by atoms with Crippen molar-refractivity contribution in [2.75, 3.05) is 27.1 Å². The maximum absolute atomic E-state index is 12.7. The molecule has 0 bridgehead atoms. The Morgan fingerprint density at radius 1 is 1.00 bits per heavy atom. The summed E-state index contributed by atoms with van der Waals surface area (Å²) in [7, 11) is -7.72. The molecule has 0 atom stereocenters. The van der Waals surface area contributed by atoms with Crippen LogP contribution in [0.4, 0.5) is 17.1 Å².